The molecule has 0 spiro atoms. The molecule has 14 N–H and O–H groups in total. The minimum Gasteiger partial charge on any atom is -0.394 e. The normalized spacial score (nSPS) is 29.8. The Balaban J connectivity index is 1.58. The van der Waals surface area contributed by atoms with Crippen LogP contribution in [0, 0.1) is 17.8 Å². The van der Waals surface area contributed by atoms with Crippen molar-refractivity contribution in [2.24, 2.45) is 17.8 Å². The average molecular weight is 1150 g/mol. The molecule has 0 aromatic heterocycles. The van der Waals surface area contributed by atoms with Crippen LogP contribution in [0.25, 0.3) is 0 Å². The number of methoxy groups -OCH3 is 1. The molecule has 0 radical (unpaired) electrons. The Bertz CT molecular complexity index is 1580. The molecule has 3 aliphatic rings. The highest BCUT2D eigenvalue weighted by molar-refractivity contribution is 5.97. The van der Waals surface area contributed by atoms with Gasteiger partial charge in [-0.05, 0) is 25.7 Å². The van der Waals surface area contributed by atoms with Gasteiger partial charge in [-0.3, -0.25) is 24.0 Å². The highest BCUT2D eigenvalue weighted by atomic mass is 16.7. The topological polar surface area (TPSA) is 420 Å². The summed E-state index contributed by atoms with van der Waals surface area (Å²) in [6.07, 6.45) is -12.4. The lowest BCUT2D eigenvalue weighted by Crippen LogP contribution is -2.59. The maximum absolute atomic E-state index is 13.5. The molecule has 79 heavy (non-hydrogen) atoms. The number of hydrogen-bond acceptors (Lipinski definition) is 24. The maximum atomic E-state index is 13.5. The molecule has 0 bridgehead atoms. The van der Waals surface area contributed by atoms with Crippen molar-refractivity contribution in [3.8, 4) is 0 Å². The maximum Gasteiger partial charge on any atom is 0.230 e. The molecule has 3 aliphatic heterocycles. The molecule has 0 aromatic carbocycles. The van der Waals surface area contributed by atoms with Gasteiger partial charge in [0, 0.05) is 76.9 Å². The lowest BCUT2D eigenvalue weighted by molar-refractivity contribution is -0.282. The molecule has 29 nitrogen and oxygen atoms in total. The van der Waals surface area contributed by atoms with Crippen LogP contribution in [-0.2, 0) is 71.3 Å². The summed E-state index contributed by atoms with van der Waals surface area (Å²) in [7, 11) is 1.51. The van der Waals surface area contributed by atoms with Gasteiger partial charge in [-0.1, -0.05) is 20.8 Å². The highest BCUT2D eigenvalue weighted by Crippen LogP contribution is 2.29. The summed E-state index contributed by atoms with van der Waals surface area (Å²) in [5, 5.41) is 103. The zero-order valence-electron chi connectivity index (χ0n) is 46.0. The van der Waals surface area contributed by atoms with E-state index in [9.17, 15) is 69.9 Å². The van der Waals surface area contributed by atoms with Crippen LogP contribution in [-0.4, -0.2) is 274 Å². The molecule has 15 atom stereocenters. The molecular weight excluding hydrogens is 1050 g/mol. The molecule has 6 unspecified atom stereocenters. The summed E-state index contributed by atoms with van der Waals surface area (Å²) in [5.41, 5.74) is -1.53. The molecular formula is C50H91N5O24. The van der Waals surface area contributed by atoms with Crippen molar-refractivity contribution in [2.75, 3.05) is 119 Å². The first-order chi connectivity index (χ1) is 37.8. The van der Waals surface area contributed by atoms with E-state index in [1.54, 1.807) is 20.8 Å². The first kappa shape index (κ1) is 69.9. The minimum absolute atomic E-state index is 0.123. The predicted octanol–water partition coefficient (Wildman–Crippen LogP) is -5.60. The van der Waals surface area contributed by atoms with Gasteiger partial charge in [0.2, 0.25) is 29.5 Å². The number of ether oxygens (including phenoxy) is 10. The fourth-order valence-electron chi connectivity index (χ4n) is 8.52. The van der Waals surface area contributed by atoms with Crippen LogP contribution in [0.15, 0.2) is 0 Å². The number of amides is 5. The molecule has 3 fully saturated rings. The van der Waals surface area contributed by atoms with Crippen molar-refractivity contribution >= 4 is 29.5 Å². The van der Waals surface area contributed by atoms with Crippen LogP contribution in [0.2, 0.25) is 0 Å². The van der Waals surface area contributed by atoms with Crippen molar-refractivity contribution in [1.82, 2.24) is 26.6 Å². The molecule has 3 saturated heterocycles. The summed E-state index contributed by atoms with van der Waals surface area (Å²) in [6.45, 7) is 3.53. The standard InChI is InChI=1S/C50H91N5O24/c1-30-41(64)44(67)33(24-56)77-47(30)74-17-6-13-51-36(59)9-20-71-27-50(55-40(63)23-39(62)54-12-5-16-70-4,28-72-21-10-37(60)52-14-7-18-75-48-31(2)42(65)45(68)34(25-57)78-48)29-73-22-11-38(61)53-15-8-19-76-49-32(3)43(66)46(69)35(26-58)79-49/h30-35,41-49,56-58,64-69H,5-29H2,1-4H3,(H,51,59)(H,52,60)(H,53,61)(H,54,62)(H,55,63)/t30?,31?,32?,33?,34?,35?,41-,42-,43-,44+,45+,46+,47-,48-,49-,50?/m1/s1. The van der Waals surface area contributed by atoms with Gasteiger partial charge in [0.1, 0.15) is 48.6 Å². The van der Waals surface area contributed by atoms with Crippen LogP contribution in [0.3, 0.4) is 0 Å². The Morgan fingerprint density at radius 2 is 0.734 bits per heavy atom. The number of aliphatic hydroxyl groups excluding tert-OH is 9. The summed E-state index contributed by atoms with van der Waals surface area (Å²) >= 11 is 0. The fraction of sp³-hybridized carbons (Fsp3) is 0.900. The fourth-order valence-corrected chi connectivity index (χ4v) is 8.52. The Morgan fingerprint density at radius 1 is 0.430 bits per heavy atom. The van der Waals surface area contributed by atoms with Gasteiger partial charge in [0.05, 0.1) is 97.6 Å². The van der Waals surface area contributed by atoms with Crippen molar-refractivity contribution in [1.29, 1.82) is 0 Å². The molecule has 460 valence electrons. The number of carbonyl (C=O) groups is 5. The molecule has 29 heteroatoms. The quantitative estimate of drug-likeness (QED) is 0.0201. The van der Waals surface area contributed by atoms with Gasteiger partial charge in [-0.25, -0.2) is 0 Å². The van der Waals surface area contributed by atoms with E-state index in [1.165, 1.54) is 7.11 Å². The predicted molar refractivity (Wildman–Crippen MR) is 273 cm³/mol. The second-order valence-corrected chi connectivity index (χ2v) is 20.0. The van der Waals surface area contributed by atoms with Gasteiger partial charge < -0.3 is 120 Å². The lowest BCUT2D eigenvalue weighted by atomic mass is 9.92. The summed E-state index contributed by atoms with van der Waals surface area (Å²) in [4.78, 5) is 64.8. The van der Waals surface area contributed by atoms with E-state index in [2.05, 4.69) is 26.6 Å². The van der Waals surface area contributed by atoms with Gasteiger partial charge in [0.15, 0.2) is 18.9 Å². The summed E-state index contributed by atoms with van der Waals surface area (Å²) in [5.74, 6) is -4.23. The van der Waals surface area contributed by atoms with E-state index in [4.69, 9.17) is 47.4 Å². The zero-order valence-corrected chi connectivity index (χ0v) is 46.0. The Morgan fingerprint density at radius 3 is 1.04 bits per heavy atom. The molecule has 3 rings (SSSR count). The third-order valence-electron chi connectivity index (χ3n) is 13.5. The zero-order chi connectivity index (χ0) is 58.3. The smallest absolute Gasteiger partial charge is 0.230 e. The summed E-state index contributed by atoms with van der Waals surface area (Å²) < 4.78 is 56.7. The first-order valence-electron chi connectivity index (χ1n) is 27.1. The average Bonchev–Trinajstić information content (AvgIpc) is 3.43. The van der Waals surface area contributed by atoms with E-state index in [0.29, 0.717) is 32.3 Å². The van der Waals surface area contributed by atoms with Gasteiger partial charge in [0.25, 0.3) is 0 Å². The van der Waals surface area contributed by atoms with Crippen LogP contribution < -0.4 is 26.6 Å². The van der Waals surface area contributed by atoms with Crippen molar-refractivity contribution in [3.05, 3.63) is 0 Å². The molecule has 0 saturated carbocycles. The Hall–Kier alpha value is -3.41. The van der Waals surface area contributed by atoms with Gasteiger partial charge in [-0.15, -0.1) is 0 Å². The van der Waals surface area contributed by atoms with Gasteiger partial charge in [-0.2, -0.15) is 0 Å². The minimum atomic E-state index is -1.53. The van der Waals surface area contributed by atoms with E-state index < -0.39 is 135 Å². The summed E-state index contributed by atoms with van der Waals surface area (Å²) in [6, 6.07) is 0. The van der Waals surface area contributed by atoms with E-state index in [-0.39, 0.29) is 123 Å². The van der Waals surface area contributed by atoms with Crippen LogP contribution >= 0.6 is 0 Å². The molecule has 5 amide bonds. The van der Waals surface area contributed by atoms with Crippen LogP contribution in [0.5, 0.6) is 0 Å². The number of aliphatic hydroxyl groups is 9. The third-order valence-corrected chi connectivity index (χ3v) is 13.5. The van der Waals surface area contributed by atoms with E-state index in [0.717, 1.165) is 0 Å². The van der Waals surface area contributed by atoms with Crippen molar-refractivity contribution in [2.45, 2.75) is 151 Å². The molecule has 0 aliphatic carbocycles. The van der Waals surface area contributed by atoms with E-state index in [1.807, 2.05) is 0 Å². The number of nitrogens with one attached hydrogen (secondary N) is 5. The monoisotopic (exact) mass is 1150 g/mol. The number of hydrogen-bond donors (Lipinski definition) is 14. The SMILES string of the molecule is COCCCNC(=O)CC(=O)NC(COCCC(=O)NCCCO[C@@H]1OC(CO)[C@H](O)[C@H](O)C1C)(COCCC(=O)NCCCO[C@@H]1OC(CO)[C@H](O)[C@H](O)C1C)COCCC(=O)NCCCO[C@@H]1OC(CO)[C@H](O)[C@H](O)C1C. The second-order valence-electron chi connectivity index (χ2n) is 20.0. The van der Waals surface area contributed by atoms with Crippen LogP contribution in [0.1, 0.15) is 72.1 Å². The molecule has 3 heterocycles. The lowest BCUT2D eigenvalue weighted by Gasteiger charge is -2.40. The van der Waals surface area contributed by atoms with E-state index >= 15 is 0 Å². The Kier molecular flexibility index (Phi) is 33.9. The Labute approximate surface area is 460 Å². The van der Waals surface area contributed by atoms with Crippen molar-refractivity contribution in [3.63, 3.8) is 0 Å². The number of rotatable bonds is 40. The third kappa shape index (κ3) is 24.9. The van der Waals surface area contributed by atoms with Gasteiger partial charge >= 0.3 is 0 Å². The highest BCUT2D eigenvalue weighted by Gasteiger charge is 2.45. The number of carbonyl (C=O) groups excluding carboxylic acids is 5. The van der Waals surface area contributed by atoms with Crippen molar-refractivity contribution < 1.29 is 117 Å². The first-order valence-corrected chi connectivity index (χ1v) is 27.1. The largest absolute Gasteiger partial charge is 0.394 e. The second kappa shape index (κ2) is 38.4. The molecule has 0 aromatic rings. The van der Waals surface area contributed by atoms with Crippen LogP contribution in [0.4, 0.5) is 0 Å².